The minimum Gasteiger partial charge on any atom is -0.379 e. The number of carbonyl (C=O) groups excluding carboxylic acids is 1. The standard InChI is InChI=1S/C17H22N2O2/c20-14-18-17(7-1-8-17)16-4-2-15(3-5-16)6-9-19-10-12-21-13-11-19/h2-5H,1,6-13H2. The van der Waals surface area contributed by atoms with Gasteiger partial charge in [0.2, 0.25) is 6.08 Å². The Morgan fingerprint density at radius 2 is 1.90 bits per heavy atom. The predicted molar refractivity (Wildman–Crippen MR) is 81.1 cm³/mol. The lowest BCUT2D eigenvalue weighted by Gasteiger charge is -2.37. The number of isocyanates is 1. The van der Waals surface area contributed by atoms with Crippen molar-refractivity contribution in [2.75, 3.05) is 32.8 Å². The van der Waals surface area contributed by atoms with E-state index in [1.54, 1.807) is 6.08 Å². The largest absolute Gasteiger partial charge is 0.379 e. The van der Waals surface area contributed by atoms with Crippen molar-refractivity contribution < 1.29 is 9.53 Å². The summed E-state index contributed by atoms with van der Waals surface area (Å²) in [7, 11) is 0. The zero-order chi connectivity index (χ0) is 14.5. The third-order valence-electron chi connectivity index (χ3n) is 4.75. The lowest BCUT2D eigenvalue weighted by atomic mass is 9.72. The van der Waals surface area contributed by atoms with Gasteiger partial charge in [-0.25, -0.2) is 4.79 Å². The fourth-order valence-corrected chi connectivity index (χ4v) is 3.16. The SMILES string of the molecule is O=C=NC1(c2ccc(CCN3CCOCC3)cc2)CCC1. The molecular weight excluding hydrogens is 264 g/mol. The van der Waals surface area contributed by atoms with Crippen molar-refractivity contribution in [2.24, 2.45) is 4.99 Å². The van der Waals surface area contributed by atoms with Gasteiger partial charge in [-0.2, -0.15) is 4.99 Å². The Labute approximate surface area is 125 Å². The first-order valence-corrected chi connectivity index (χ1v) is 7.81. The van der Waals surface area contributed by atoms with E-state index < -0.39 is 0 Å². The van der Waals surface area contributed by atoms with Crippen LogP contribution in [-0.2, 0) is 21.5 Å². The van der Waals surface area contributed by atoms with E-state index in [0.29, 0.717) is 0 Å². The van der Waals surface area contributed by atoms with E-state index in [0.717, 1.165) is 64.1 Å². The molecule has 0 spiro atoms. The molecule has 3 rings (SSSR count). The van der Waals surface area contributed by atoms with Crippen LogP contribution < -0.4 is 0 Å². The summed E-state index contributed by atoms with van der Waals surface area (Å²) >= 11 is 0. The molecule has 1 aliphatic carbocycles. The number of morpholine rings is 1. The first-order valence-electron chi connectivity index (χ1n) is 7.81. The molecule has 0 atom stereocenters. The number of aliphatic imine (C=N–C) groups is 1. The molecule has 0 radical (unpaired) electrons. The van der Waals surface area contributed by atoms with E-state index >= 15 is 0 Å². The van der Waals surface area contributed by atoms with Crippen LogP contribution in [0.15, 0.2) is 29.3 Å². The molecule has 4 nitrogen and oxygen atoms in total. The van der Waals surface area contributed by atoms with Crippen LogP contribution in [0.4, 0.5) is 0 Å². The fraction of sp³-hybridized carbons (Fsp3) is 0.588. The van der Waals surface area contributed by atoms with Gasteiger partial charge < -0.3 is 4.74 Å². The molecule has 0 aromatic heterocycles. The summed E-state index contributed by atoms with van der Waals surface area (Å²) in [6.45, 7) is 4.86. The van der Waals surface area contributed by atoms with Crippen LogP contribution in [0.2, 0.25) is 0 Å². The average Bonchev–Trinajstić information content (AvgIpc) is 2.51. The van der Waals surface area contributed by atoms with Gasteiger partial charge in [0.15, 0.2) is 0 Å². The molecule has 1 aliphatic heterocycles. The van der Waals surface area contributed by atoms with Crippen LogP contribution in [-0.4, -0.2) is 43.8 Å². The van der Waals surface area contributed by atoms with Gasteiger partial charge in [0, 0.05) is 19.6 Å². The number of hydrogen-bond donors (Lipinski definition) is 0. The predicted octanol–water partition coefficient (Wildman–Crippen LogP) is 2.28. The van der Waals surface area contributed by atoms with Crippen LogP contribution >= 0.6 is 0 Å². The van der Waals surface area contributed by atoms with Crippen molar-refractivity contribution in [1.82, 2.24) is 4.90 Å². The van der Waals surface area contributed by atoms with Crippen LogP contribution in [0.1, 0.15) is 30.4 Å². The lowest BCUT2D eigenvalue weighted by Crippen LogP contribution is -2.37. The highest BCUT2D eigenvalue weighted by Crippen LogP contribution is 2.44. The molecule has 1 saturated heterocycles. The molecule has 2 aliphatic rings. The first kappa shape index (κ1) is 14.5. The zero-order valence-electron chi connectivity index (χ0n) is 12.4. The summed E-state index contributed by atoms with van der Waals surface area (Å²) in [6, 6.07) is 8.62. The van der Waals surface area contributed by atoms with Crippen molar-refractivity contribution in [3.63, 3.8) is 0 Å². The van der Waals surface area contributed by atoms with Crippen LogP contribution in [0.5, 0.6) is 0 Å². The van der Waals surface area contributed by atoms with Crippen LogP contribution in [0, 0.1) is 0 Å². The van der Waals surface area contributed by atoms with Gasteiger partial charge in [0.1, 0.15) is 0 Å². The minimum atomic E-state index is -0.273. The average molecular weight is 286 g/mol. The van der Waals surface area contributed by atoms with E-state index in [1.165, 1.54) is 5.56 Å². The highest BCUT2D eigenvalue weighted by atomic mass is 16.5. The summed E-state index contributed by atoms with van der Waals surface area (Å²) in [6.07, 6.45) is 5.89. The summed E-state index contributed by atoms with van der Waals surface area (Å²) in [4.78, 5) is 17.1. The smallest absolute Gasteiger partial charge is 0.235 e. The van der Waals surface area contributed by atoms with E-state index in [9.17, 15) is 4.79 Å². The fourth-order valence-electron chi connectivity index (χ4n) is 3.16. The molecule has 112 valence electrons. The van der Waals surface area contributed by atoms with Crippen molar-refractivity contribution in [3.05, 3.63) is 35.4 Å². The second-order valence-electron chi connectivity index (χ2n) is 5.99. The van der Waals surface area contributed by atoms with Gasteiger partial charge >= 0.3 is 0 Å². The maximum Gasteiger partial charge on any atom is 0.235 e. The molecule has 1 saturated carbocycles. The molecule has 4 heteroatoms. The van der Waals surface area contributed by atoms with Crippen LogP contribution in [0.25, 0.3) is 0 Å². The zero-order valence-corrected chi connectivity index (χ0v) is 12.4. The van der Waals surface area contributed by atoms with Crippen molar-refractivity contribution >= 4 is 6.08 Å². The Morgan fingerprint density at radius 3 is 2.48 bits per heavy atom. The molecule has 1 aromatic rings. The van der Waals surface area contributed by atoms with Gasteiger partial charge in [-0.05, 0) is 36.8 Å². The van der Waals surface area contributed by atoms with E-state index in [2.05, 4.69) is 34.2 Å². The maximum atomic E-state index is 10.6. The van der Waals surface area contributed by atoms with E-state index in [-0.39, 0.29) is 5.54 Å². The molecule has 2 fully saturated rings. The monoisotopic (exact) mass is 286 g/mol. The first-order chi connectivity index (χ1) is 10.3. The Hall–Kier alpha value is -1.48. The topological polar surface area (TPSA) is 41.9 Å². The quantitative estimate of drug-likeness (QED) is 0.616. The normalized spacial score (nSPS) is 21.3. The number of ether oxygens (including phenoxy) is 1. The Kier molecular flexibility index (Phi) is 4.49. The molecule has 1 aromatic carbocycles. The second kappa shape index (κ2) is 6.52. The summed E-state index contributed by atoms with van der Waals surface area (Å²) in [5.41, 5.74) is 2.23. The number of nitrogens with zero attached hydrogens (tertiary/aromatic N) is 2. The number of benzene rings is 1. The molecule has 21 heavy (non-hydrogen) atoms. The maximum absolute atomic E-state index is 10.6. The Balaban J connectivity index is 1.60. The van der Waals surface area contributed by atoms with Gasteiger partial charge in [-0.1, -0.05) is 24.3 Å². The molecule has 0 unspecified atom stereocenters. The van der Waals surface area contributed by atoms with Crippen LogP contribution in [0.3, 0.4) is 0 Å². The van der Waals surface area contributed by atoms with Gasteiger partial charge in [0.05, 0.1) is 18.8 Å². The van der Waals surface area contributed by atoms with Crippen molar-refractivity contribution in [3.8, 4) is 0 Å². The van der Waals surface area contributed by atoms with E-state index in [4.69, 9.17) is 4.74 Å². The molecule has 0 N–H and O–H groups in total. The second-order valence-corrected chi connectivity index (χ2v) is 5.99. The minimum absolute atomic E-state index is 0.273. The Bertz CT molecular complexity index is 510. The van der Waals surface area contributed by atoms with Gasteiger partial charge in [-0.15, -0.1) is 0 Å². The molecule has 1 heterocycles. The van der Waals surface area contributed by atoms with Gasteiger partial charge in [-0.3, -0.25) is 4.90 Å². The highest BCUT2D eigenvalue weighted by Gasteiger charge is 2.38. The molecule has 0 bridgehead atoms. The lowest BCUT2D eigenvalue weighted by molar-refractivity contribution is 0.0384. The summed E-state index contributed by atoms with van der Waals surface area (Å²) in [5, 5.41) is 0. The third kappa shape index (κ3) is 3.24. The third-order valence-corrected chi connectivity index (χ3v) is 4.75. The van der Waals surface area contributed by atoms with Crippen molar-refractivity contribution in [2.45, 2.75) is 31.2 Å². The van der Waals surface area contributed by atoms with E-state index in [1.807, 2.05) is 0 Å². The van der Waals surface area contributed by atoms with Crippen molar-refractivity contribution in [1.29, 1.82) is 0 Å². The summed E-state index contributed by atoms with van der Waals surface area (Å²) < 4.78 is 5.36. The molecular formula is C17H22N2O2. The Morgan fingerprint density at radius 1 is 1.19 bits per heavy atom. The van der Waals surface area contributed by atoms with Gasteiger partial charge in [0.25, 0.3) is 0 Å². The number of hydrogen-bond acceptors (Lipinski definition) is 4. The molecule has 0 amide bonds. The highest BCUT2D eigenvalue weighted by molar-refractivity contribution is 5.40. The number of rotatable bonds is 5. The summed E-state index contributed by atoms with van der Waals surface area (Å²) in [5.74, 6) is 0.